The molecule has 1 aromatic carbocycles. The summed E-state index contributed by atoms with van der Waals surface area (Å²) < 4.78 is 19.7. The van der Waals surface area contributed by atoms with Gasteiger partial charge in [-0.2, -0.15) is 0 Å². The van der Waals surface area contributed by atoms with E-state index in [2.05, 4.69) is 15.9 Å². The van der Waals surface area contributed by atoms with Crippen LogP contribution in [0.15, 0.2) is 10.5 Å². The molecule has 2 atom stereocenters. The number of rotatable bonds is 3. The van der Waals surface area contributed by atoms with E-state index in [1.54, 1.807) is 0 Å². The van der Waals surface area contributed by atoms with Gasteiger partial charge in [0, 0.05) is 12.6 Å². The number of benzene rings is 1. The summed E-state index contributed by atoms with van der Waals surface area (Å²) in [5.74, 6) is 0.0213. The molecule has 6 heteroatoms. The van der Waals surface area contributed by atoms with Crippen LogP contribution in [0.3, 0.4) is 0 Å². The van der Waals surface area contributed by atoms with Gasteiger partial charge in [-0.3, -0.25) is 4.90 Å². The zero-order valence-corrected chi connectivity index (χ0v) is 12.6. The lowest BCUT2D eigenvalue weighted by molar-refractivity contribution is 0.291. The molecule has 0 bridgehead atoms. The summed E-state index contributed by atoms with van der Waals surface area (Å²) in [6, 6.07) is 1.16. The van der Waals surface area contributed by atoms with Crippen LogP contribution in [0.4, 0.5) is 4.39 Å². The summed E-state index contributed by atoms with van der Waals surface area (Å²) in [4.78, 5) is 2.02. The van der Waals surface area contributed by atoms with Gasteiger partial charge in [0.15, 0.2) is 11.5 Å². The Hall–Kier alpha value is -0.850. The Balaban J connectivity index is 2.45. The van der Waals surface area contributed by atoms with Crippen LogP contribution in [0.2, 0.25) is 0 Å². The summed E-state index contributed by atoms with van der Waals surface area (Å²) in [7, 11) is 3.36. The molecule has 2 unspecified atom stereocenters. The Morgan fingerprint density at radius 1 is 1.63 bits per heavy atom. The van der Waals surface area contributed by atoms with Crippen LogP contribution in [0.25, 0.3) is 0 Å². The summed E-state index contributed by atoms with van der Waals surface area (Å²) in [6.45, 7) is 1.37. The van der Waals surface area contributed by atoms with Gasteiger partial charge in [-0.05, 0) is 47.9 Å². The maximum absolute atomic E-state index is 14.2. The highest BCUT2D eigenvalue weighted by atomic mass is 79.9. The van der Waals surface area contributed by atoms with E-state index < -0.39 is 5.82 Å². The molecule has 4 nitrogen and oxygen atoms in total. The number of aromatic hydroxyl groups is 1. The molecule has 0 saturated carbocycles. The van der Waals surface area contributed by atoms with Crippen LogP contribution in [0, 0.1) is 11.7 Å². The third-order valence-corrected chi connectivity index (χ3v) is 4.29. The molecule has 1 aliphatic heterocycles. The third-order valence-electron chi connectivity index (χ3n) is 3.70. The number of methoxy groups -OCH3 is 1. The van der Waals surface area contributed by atoms with E-state index in [9.17, 15) is 9.50 Å². The molecule has 106 valence electrons. The second-order valence-electron chi connectivity index (χ2n) is 4.93. The third kappa shape index (κ3) is 2.57. The quantitative estimate of drug-likeness (QED) is 0.891. The predicted octanol–water partition coefficient (Wildman–Crippen LogP) is 2.25. The minimum Gasteiger partial charge on any atom is -0.504 e. The second kappa shape index (κ2) is 5.64. The first-order chi connectivity index (χ1) is 8.99. The first kappa shape index (κ1) is 14.6. The zero-order chi connectivity index (χ0) is 14.2. The number of halogens is 2. The normalized spacial score (nSPS) is 23.8. The highest BCUT2D eigenvalue weighted by molar-refractivity contribution is 9.10. The maximum Gasteiger partial charge on any atom is 0.175 e. The van der Waals surface area contributed by atoms with Gasteiger partial charge in [-0.25, -0.2) is 4.39 Å². The Kier molecular flexibility index (Phi) is 4.32. The molecule has 0 aliphatic carbocycles. The molecule has 19 heavy (non-hydrogen) atoms. The summed E-state index contributed by atoms with van der Waals surface area (Å²) in [5, 5.41) is 10.2. The molecule has 0 radical (unpaired) electrons. The van der Waals surface area contributed by atoms with E-state index in [1.807, 2.05) is 11.9 Å². The van der Waals surface area contributed by atoms with Crippen molar-refractivity contribution in [3.63, 3.8) is 0 Å². The number of hydrogen-bond acceptors (Lipinski definition) is 4. The van der Waals surface area contributed by atoms with Crippen molar-refractivity contribution in [1.29, 1.82) is 0 Å². The lowest BCUT2D eigenvalue weighted by Crippen LogP contribution is -2.21. The Morgan fingerprint density at radius 3 is 2.84 bits per heavy atom. The maximum atomic E-state index is 14.2. The number of nitrogens with two attached hydrogens (primary N) is 1. The smallest absolute Gasteiger partial charge is 0.175 e. The predicted molar refractivity (Wildman–Crippen MR) is 74.8 cm³/mol. The largest absolute Gasteiger partial charge is 0.504 e. The lowest BCUT2D eigenvalue weighted by atomic mass is 9.98. The Morgan fingerprint density at radius 2 is 2.32 bits per heavy atom. The second-order valence-corrected chi connectivity index (χ2v) is 5.78. The minimum absolute atomic E-state index is 0.135. The van der Waals surface area contributed by atoms with Crippen LogP contribution in [0.5, 0.6) is 11.5 Å². The highest BCUT2D eigenvalue weighted by Crippen LogP contribution is 2.46. The van der Waals surface area contributed by atoms with Crippen molar-refractivity contribution in [1.82, 2.24) is 4.90 Å². The van der Waals surface area contributed by atoms with E-state index in [0.717, 1.165) is 13.0 Å². The van der Waals surface area contributed by atoms with Crippen molar-refractivity contribution in [2.75, 3.05) is 27.2 Å². The van der Waals surface area contributed by atoms with Gasteiger partial charge in [0.2, 0.25) is 0 Å². The van der Waals surface area contributed by atoms with Crippen LogP contribution >= 0.6 is 15.9 Å². The SMILES string of the molecule is COc1c(Br)cc(F)c(C2CC(CN)CN2C)c1O. The molecular weight excluding hydrogens is 315 g/mol. The molecule has 1 heterocycles. The topological polar surface area (TPSA) is 58.7 Å². The fourth-order valence-corrected chi connectivity index (χ4v) is 3.28. The van der Waals surface area contributed by atoms with Crippen LogP contribution in [-0.2, 0) is 0 Å². The molecule has 1 aliphatic rings. The van der Waals surface area contributed by atoms with Crippen molar-refractivity contribution in [2.45, 2.75) is 12.5 Å². The van der Waals surface area contributed by atoms with Crippen molar-refractivity contribution in [2.24, 2.45) is 11.7 Å². The molecule has 0 spiro atoms. The minimum atomic E-state index is -0.431. The number of nitrogens with zero attached hydrogens (tertiary/aromatic N) is 1. The number of ether oxygens (including phenoxy) is 1. The summed E-state index contributed by atoms with van der Waals surface area (Å²) in [5.41, 5.74) is 5.97. The van der Waals surface area contributed by atoms with Crippen molar-refractivity contribution >= 4 is 15.9 Å². The van der Waals surface area contributed by atoms with E-state index in [1.165, 1.54) is 13.2 Å². The molecule has 1 saturated heterocycles. The average molecular weight is 333 g/mol. The van der Waals surface area contributed by atoms with Gasteiger partial charge in [0.05, 0.1) is 17.1 Å². The first-order valence-corrected chi connectivity index (χ1v) is 6.94. The van der Waals surface area contributed by atoms with Crippen molar-refractivity contribution < 1.29 is 14.2 Å². The molecule has 3 N–H and O–H groups in total. The van der Waals surface area contributed by atoms with Crippen LogP contribution in [-0.4, -0.2) is 37.3 Å². The number of phenolic OH excluding ortho intramolecular Hbond substituents is 1. The van der Waals surface area contributed by atoms with Crippen molar-refractivity contribution in [3.05, 3.63) is 21.9 Å². The van der Waals surface area contributed by atoms with Crippen LogP contribution in [0.1, 0.15) is 18.0 Å². The monoisotopic (exact) mass is 332 g/mol. The lowest BCUT2D eigenvalue weighted by Gasteiger charge is -2.22. The molecule has 1 aromatic rings. The van der Waals surface area contributed by atoms with E-state index in [4.69, 9.17) is 10.5 Å². The highest BCUT2D eigenvalue weighted by Gasteiger charge is 2.34. The molecule has 1 fully saturated rings. The number of phenols is 1. The average Bonchev–Trinajstić information content (AvgIpc) is 2.71. The first-order valence-electron chi connectivity index (χ1n) is 6.14. The molecule has 0 amide bonds. The van der Waals surface area contributed by atoms with Gasteiger partial charge >= 0.3 is 0 Å². The van der Waals surface area contributed by atoms with Gasteiger partial charge in [-0.1, -0.05) is 0 Å². The fourth-order valence-electron chi connectivity index (χ4n) is 2.73. The summed E-state index contributed by atoms with van der Waals surface area (Å²) >= 11 is 3.18. The van der Waals surface area contributed by atoms with E-state index in [-0.39, 0.29) is 17.5 Å². The van der Waals surface area contributed by atoms with E-state index >= 15 is 0 Å². The van der Waals surface area contributed by atoms with Gasteiger partial charge in [0.25, 0.3) is 0 Å². The standard InChI is InChI=1S/C13H18BrFN2O2/c1-17-6-7(5-16)3-10(17)11-9(15)4-8(14)13(19-2)12(11)18/h4,7,10,18H,3,5-6,16H2,1-2H3. The van der Waals surface area contributed by atoms with Crippen molar-refractivity contribution in [3.8, 4) is 11.5 Å². The van der Waals surface area contributed by atoms with E-state index in [0.29, 0.717) is 22.5 Å². The van der Waals surface area contributed by atoms with Gasteiger partial charge in [-0.15, -0.1) is 0 Å². The van der Waals surface area contributed by atoms with Gasteiger partial charge in [0.1, 0.15) is 5.82 Å². The Bertz CT molecular complexity index is 484. The van der Waals surface area contributed by atoms with Crippen LogP contribution < -0.4 is 10.5 Å². The molecule has 0 aromatic heterocycles. The zero-order valence-electron chi connectivity index (χ0n) is 11.0. The number of hydrogen-bond donors (Lipinski definition) is 2. The molecule has 2 rings (SSSR count). The number of likely N-dealkylation sites (tertiary alicyclic amines) is 1. The Labute approximate surface area is 120 Å². The van der Waals surface area contributed by atoms with Gasteiger partial charge < -0.3 is 15.6 Å². The molecular formula is C13H18BrFN2O2. The fraction of sp³-hybridized carbons (Fsp3) is 0.538. The summed E-state index contributed by atoms with van der Waals surface area (Å²) in [6.07, 6.45) is 0.738.